The quantitative estimate of drug-likeness (QED) is 0.747. The molecule has 0 radical (unpaired) electrons. The first-order valence-corrected chi connectivity index (χ1v) is 5.18. The van der Waals surface area contributed by atoms with Gasteiger partial charge in [0, 0.05) is 26.3 Å². The Balaban J connectivity index is 2.25. The molecule has 0 amide bonds. The van der Waals surface area contributed by atoms with Crippen LogP contribution in [0.3, 0.4) is 0 Å². The molecule has 0 aliphatic heterocycles. The second-order valence-corrected chi connectivity index (χ2v) is 3.67. The number of methoxy groups -OCH3 is 1. The Morgan fingerprint density at radius 1 is 1.47 bits per heavy atom. The molecule has 2 rings (SSSR count). The summed E-state index contributed by atoms with van der Waals surface area (Å²) in [5, 5.41) is 8.77. The normalized spacial score (nSPS) is 11.1. The van der Waals surface area contributed by atoms with Gasteiger partial charge in [0.1, 0.15) is 5.82 Å². The second-order valence-electron chi connectivity index (χ2n) is 3.26. The second kappa shape index (κ2) is 4.59. The molecule has 0 N–H and O–H groups in total. The van der Waals surface area contributed by atoms with E-state index in [1.165, 1.54) is 0 Å². The van der Waals surface area contributed by atoms with Gasteiger partial charge in [0.15, 0.2) is 5.65 Å². The summed E-state index contributed by atoms with van der Waals surface area (Å²) in [6.45, 7) is 0.732. The van der Waals surface area contributed by atoms with E-state index in [1.54, 1.807) is 7.11 Å². The molecule has 0 aromatic carbocycles. The highest BCUT2D eigenvalue weighted by Crippen LogP contribution is 2.15. The van der Waals surface area contributed by atoms with Crippen LogP contribution in [0.15, 0.2) is 18.3 Å². The number of hydrogen-bond acceptors (Lipinski definition) is 3. The van der Waals surface area contributed by atoms with E-state index in [-0.39, 0.29) is 0 Å². The Labute approximate surface area is 92.8 Å². The van der Waals surface area contributed by atoms with Gasteiger partial charge < -0.3 is 4.74 Å². The van der Waals surface area contributed by atoms with Crippen molar-refractivity contribution < 1.29 is 4.74 Å². The lowest BCUT2D eigenvalue weighted by molar-refractivity contribution is 0.194. The fraction of sp³-hybridized carbons (Fsp3) is 0.400. The van der Waals surface area contributed by atoms with Gasteiger partial charge in [0.25, 0.3) is 0 Å². The standard InChI is InChI=1S/C10H12ClN3O/c1-15-7-3-5-9-12-13-10-8(11)4-2-6-14(9)10/h2,4,6H,3,5,7H2,1H3. The van der Waals surface area contributed by atoms with Crippen molar-refractivity contribution >= 4 is 17.2 Å². The van der Waals surface area contributed by atoms with Gasteiger partial charge in [0.05, 0.1) is 5.02 Å². The highest BCUT2D eigenvalue weighted by molar-refractivity contribution is 6.33. The van der Waals surface area contributed by atoms with Crippen molar-refractivity contribution in [2.45, 2.75) is 12.8 Å². The highest BCUT2D eigenvalue weighted by Gasteiger charge is 2.06. The molecule has 0 fully saturated rings. The van der Waals surface area contributed by atoms with Crippen LogP contribution in [0.4, 0.5) is 0 Å². The number of pyridine rings is 1. The van der Waals surface area contributed by atoms with Gasteiger partial charge in [-0.25, -0.2) is 0 Å². The third-order valence-electron chi connectivity index (χ3n) is 2.21. The van der Waals surface area contributed by atoms with E-state index in [4.69, 9.17) is 16.3 Å². The van der Waals surface area contributed by atoms with Gasteiger partial charge in [-0.05, 0) is 18.6 Å². The maximum absolute atomic E-state index is 5.98. The van der Waals surface area contributed by atoms with Crippen molar-refractivity contribution in [3.8, 4) is 0 Å². The predicted octanol–water partition coefficient (Wildman–Crippen LogP) is 1.96. The van der Waals surface area contributed by atoms with Gasteiger partial charge in [-0.15, -0.1) is 10.2 Å². The van der Waals surface area contributed by atoms with E-state index >= 15 is 0 Å². The smallest absolute Gasteiger partial charge is 0.179 e. The van der Waals surface area contributed by atoms with Crippen LogP contribution in [-0.2, 0) is 11.2 Å². The predicted molar refractivity (Wildman–Crippen MR) is 58.2 cm³/mol. The summed E-state index contributed by atoms with van der Waals surface area (Å²) in [5.74, 6) is 0.921. The summed E-state index contributed by atoms with van der Waals surface area (Å²) in [6, 6.07) is 3.70. The lowest BCUT2D eigenvalue weighted by Gasteiger charge is -1.99. The van der Waals surface area contributed by atoms with Crippen molar-refractivity contribution in [2.75, 3.05) is 13.7 Å². The molecule has 0 aliphatic rings. The molecule has 15 heavy (non-hydrogen) atoms. The number of rotatable bonds is 4. The number of halogens is 1. The Bertz CT molecular complexity index is 455. The summed E-state index contributed by atoms with van der Waals surface area (Å²) in [4.78, 5) is 0. The Morgan fingerprint density at radius 2 is 2.33 bits per heavy atom. The first-order chi connectivity index (χ1) is 7.33. The van der Waals surface area contributed by atoms with E-state index in [0.29, 0.717) is 10.7 Å². The van der Waals surface area contributed by atoms with Crippen LogP contribution in [-0.4, -0.2) is 28.3 Å². The molecule has 0 aliphatic carbocycles. The Kier molecular flexibility index (Phi) is 3.18. The zero-order valence-corrected chi connectivity index (χ0v) is 9.24. The third kappa shape index (κ3) is 2.11. The minimum absolute atomic E-state index is 0.628. The van der Waals surface area contributed by atoms with Gasteiger partial charge in [-0.3, -0.25) is 4.40 Å². The molecule has 0 spiro atoms. The maximum Gasteiger partial charge on any atom is 0.179 e. The van der Waals surface area contributed by atoms with Crippen LogP contribution in [0, 0.1) is 0 Å². The minimum atomic E-state index is 0.628. The first-order valence-electron chi connectivity index (χ1n) is 4.80. The minimum Gasteiger partial charge on any atom is -0.385 e. The molecule has 0 saturated heterocycles. The van der Waals surface area contributed by atoms with Gasteiger partial charge in [-0.2, -0.15) is 0 Å². The number of fused-ring (bicyclic) bond motifs is 1. The van der Waals surface area contributed by atoms with E-state index < -0.39 is 0 Å². The van der Waals surface area contributed by atoms with Crippen molar-refractivity contribution in [1.82, 2.24) is 14.6 Å². The van der Waals surface area contributed by atoms with Crippen molar-refractivity contribution in [3.05, 3.63) is 29.2 Å². The molecule has 4 nitrogen and oxygen atoms in total. The zero-order chi connectivity index (χ0) is 10.7. The zero-order valence-electron chi connectivity index (χ0n) is 8.48. The van der Waals surface area contributed by atoms with Crippen molar-refractivity contribution in [2.24, 2.45) is 0 Å². The number of aryl methyl sites for hydroxylation is 1. The lowest BCUT2D eigenvalue weighted by Crippen LogP contribution is -1.98. The molecule has 0 saturated carbocycles. The molecular weight excluding hydrogens is 214 g/mol. The molecule has 0 atom stereocenters. The average molecular weight is 226 g/mol. The molecule has 2 aromatic rings. The summed E-state index contributed by atoms with van der Waals surface area (Å²) in [6.07, 6.45) is 3.70. The molecule has 80 valence electrons. The SMILES string of the molecule is COCCCc1nnc2c(Cl)cccn12. The van der Waals surface area contributed by atoms with E-state index in [9.17, 15) is 0 Å². The highest BCUT2D eigenvalue weighted by atomic mass is 35.5. The van der Waals surface area contributed by atoms with Gasteiger partial charge >= 0.3 is 0 Å². The molecule has 0 unspecified atom stereocenters. The lowest BCUT2D eigenvalue weighted by atomic mass is 10.3. The largest absolute Gasteiger partial charge is 0.385 e. The summed E-state index contributed by atoms with van der Waals surface area (Å²) in [5.41, 5.74) is 0.714. The maximum atomic E-state index is 5.98. The van der Waals surface area contributed by atoms with E-state index in [0.717, 1.165) is 25.3 Å². The Hall–Kier alpha value is -1.13. The monoisotopic (exact) mass is 225 g/mol. The topological polar surface area (TPSA) is 39.4 Å². The van der Waals surface area contributed by atoms with E-state index in [1.807, 2.05) is 22.7 Å². The van der Waals surface area contributed by atoms with Crippen LogP contribution in [0.1, 0.15) is 12.2 Å². The summed E-state index contributed by atoms with van der Waals surface area (Å²) in [7, 11) is 1.69. The number of hydrogen-bond donors (Lipinski definition) is 0. The van der Waals surface area contributed by atoms with Gasteiger partial charge in [0.2, 0.25) is 0 Å². The Morgan fingerprint density at radius 3 is 3.13 bits per heavy atom. The van der Waals surface area contributed by atoms with Crippen molar-refractivity contribution in [3.63, 3.8) is 0 Å². The van der Waals surface area contributed by atoms with Crippen LogP contribution in [0.5, 0.6) is 0 Å². The molecule has 0 bridgehead atoms. The molecule has 2 aromatic heterocycles. The number of nitrogens with zero attached hydrogens (tertiary/aromatic N) is 3. The summed E-state index contributed by atoms with van der Waals surface area (Å²) < 4.78 is 6.91. The molecular formula is C10H12ClN3O. The van der Waals surface area contributed by atoms with Crippen LogP contribution in [0.25, 0.3) is 5.65 Å². The third-order valence-corrected chi connectivity index (χ3v) is 2.50. The molecule has 5 heteroatoms. The average Bonchev–Trinajstić information content (AvgIpc) is 2.64. The number of ether oxygens (including phenoxy) is 1. The molecule has 2 heterocycles. The summed E-state index contributed by atoms with van der Waals surface area (Å²) >= 11 is 5.98. The van der Waals surface area contributed by atoms with Crippen LogP contribution < -0.4 is 0 Å². The fourth-order valence-electron chi connectivity index (χ4n) is 1.48. The van der Waals surface area contributed by atoms with Gasteiger partial charge in [-0.1, -0.05) is 11.6 Å². The van der Waals surface area contributed by atoms with Crippen LogP contribution >= 0.6 is 11.6 Å². The fourth-order valence-corrected chi connectivity index (χ4v) is 1.68. The van der Waals surface area contributed by atoms with Crippen molar-refractivity contribution in [1.29, 1.82) is 0 Å². The van der Waals surface area contributed by atoms with E-state index in [2.05, 4.69) is 10.2 Å². The van der Waals surface area contributed by atoms with Crippen LogP contribution in [0.2, 0.25) is 5.02 Å². The first kappa shape index (κ1) is 10.4. The number of aromatic nitrogens is 3.